The van der Waals surface area contributed by atoms with Crippen molar-refractivity contribution in [3.63, 3.8) is 0 Å². The fourth-order valence-electron chi connectivity index (χ4n) is 1.87. The summed E-state index contributed by atoms with van der Waals surface area (Å²) in [6, 6.07) is 6.27. The molecule has 1 atom stereocenters. The van der Waals surface area contributed by atoms with E-state index in [1.807, 2.05) is 0 Å². The van der Waals surface area contributed by atoms with E-state index >= 15 is 0 Å². The summed E-state index contributed by atoms with van der Waals surface area (Å²) in [4.78, 5) is 36.4. The highest BCUT2D eigenvalue weighted by atomic mass is 32.2. The molecule has 1 aliphatic heterocycles. The monoisotopic (exact) mass is 338 g/mol. The summed E-state index contributed by atoms with van der Waals surface area (Å²) < 4.78 is 5.00. The van der Waals surface area contributed by atoms with Crippen molar-refractivity contribution in [3.8, 4) is 0 Å². The lowest BCUT2D eigenvalue weighted by molar-refractivity contribution is -0.129. The van der Waals surface area contributed by atoms with Gasteiger partial charge in [-0.05, 0) is 31.2 Å². The molecule has 1 N–H and O–H groups in total. The van der Waals surface area contributed by atoms with Crippen LogP contribution in [0.1, 0.15) is 17.3 Å². The fourth-order valence-corrected chi connectivity index (χ4v) is 3.27. The number of hydrogen-bond acceptors (Lipinski definition) is 6. The Bertz CT molecular complexity index is 630. The molecule has 1 fully saturated rings. The van der Waals surface area contributed by atoms with Crippen molar-refractivity contribution < 1.29 is 19.1 Å². The van der Waals surface area contributed by atoms with E-state index < -0.39 is 5.97 Å². The first-order valence-corrected chi connectivity index (χ1v) is 7.71. The van der Waals surface area contributed by atoms with Crippen molar-refractivity contribution in [3.05, 3.63) is 29.8 Å². The number of esters is 1. The van der Waals surface area contributed by atoms with E-state index in [4.69, 9.17) is 12.2 Å². The van der Waals surface area contributed by atoms with Crippen molar-refractivity contribution in [2.75, 3.05) is 19.0 Å². The van der Waals surface area contributed by atoms with E-state index in [1.54, 1.807) is 31.2 Å². The molecule has 1 unspecified atom stereocenters. The Balaban J connectivity index is 1.96. The lowest BCUT2D eigenvalue weighted by Crippen LogP contribution is -2.37. The number of hydrogen-bond donors (Lipinski definition) is 1. The zero-order valence-corrected chi connectivity index (χ0v) is 13.6. The van der Waals surface area contributed by atoms with Gasteiger partial charge < -0.3 is 10.1 Å². The standard InChI is InChI=1S/C14H14N2O4S2/c1-8-12(18)16(14(21)22-8)7-11(17)15-10-5-3-9(4-6-10)13(19)20-2/h3-6,8H,7H2,1-2H3,(H,15,17). The first-order chi connectivity index (χ1) is 10.4. The zero-order chi connectivity index (χ0) is 16.3. The number of amides is 2. The molecule has 0 saturated carbocycles. The topological polar surface area (TPSA) is 75.7 Å². The largest absolute Gasteiger partial charge is 0.465 e. The SMILES string of the molecule is COC(=O)c1ccc(NC(=O)CN2C(=O)C(C)SC2=S)cc1. The van der Waals surface area contributed by atoms with Gasteiger partial charge in [0.2, 0.25) is 11.8 Å². The maximum atomic E-state index is 12.0. The van der Waals surface area contributed by atoms with Crippen LogP contribution in [0, 0.1) is 0 Å². The van der Waals surface area contributed by atoms with Gasteiger partial charge >= 0.3 is 5.97 Å². The number of benzene rings is 1. The summed E-state index contributed by atoms with van der Waals surface area (Å²) in [5.74, 6) is -0.959. The number of ether oxygens (including phenoxy) is 1. The molecule has 0 radical (unpaired) electrons. The summed E-state index contributed by atoms with van der Waals surface area (Å²) in [5.41, 5.74) is 0.914. The summed E-state index contributed by atoms with van der Waals surface area (Å²) in [5, 5.41) is 2.40. The molecule has 0 spiro atoms. The van der Waals surface area contributed by atoms with Gasteiger partial charge in [-0.1, -0.05) is 24.0 Å². The number of rotatable bonds is 4. The van der Waals surface area contributed by atoms with Crippen LogP contribution in [0.3, 0.4) is 0 Å². The van der Waals surface area contributed by atoms with Crippen LogP contribution >= 0.6 is 24.0 Å². The second kappa shape index (κ2) is 6.89. The van der Waals surface area contributed by atoms with Crippen molar-refractivity contribution in [2.45, 2.75) is 12.2 Å². The van der Waals surface area contributed by atoms with E-state index in [0.29, 0.717) is 15.6 Å². The number of thiocarbonyl (C=S) groups is 1. The average molecular weight is 338 g/mol. The molecule has 1 aromatic rings. The van der Waals surface area contributed by atoms with E-state index in [9.17, 15) is 14.4 Å². The Kier molecular flexibility index (Phi) is 5.15. The number of nitrogens with one attached hydrogen (secondary N) is 1. The van der Waals surface area contributed by atoms with Gasteiger partial charge in [0.05, 0.1) is 17.9 Å². The van der Waals surface area contributed by atoms with Gasteiger partial charge in [0.15, 0.2) is 0 Å². The normalized spacial score (nSPS) is 17.5. The molecular formula is C14H14N2O4S2. The maximum absolute atomic E-state index is 12.0. The molecule has 116 valence electrons. The van der Waals surface area contributed by atoms with Gasteiger partial charge in [-0.15, -0.1) is 0 Å². The Labute approximate surface area is 137 Å². The molecule has 8 heteroatoms. The minimum atomic E-state index is -0.447. The summed E-state index contributed by atoms with van der Waals surface area (Å²) >= 11 is 6.34. The van der Waals surface area contributed by atoms with E-state index in [-0.39, 0.29) is 23.6 Å². The van der Waals surface area contributed by atoms with Crippen molar-refractivity contribution >= 4 is 51.8 Å². The number of methoxy groups -OCH3 is 1. The fraction of sp³-hybridized carbons (Fsp3) is 0.286. The molecule has 0 bridgehead atoms. The molecule has 2 amide bonds. The molecule has 0 aliphatic carbocycles. The van der Waals surface area contributed by atoms with E-state index in [0.717, 1.165) is 0 Å². The summed E-state index contributed by atoms with van der Waals surface area (Å²) in [6.45, 7) is 1.64. The van der Waals surface area contributed by atoms with Crippen molar-refractivity contribution in [1.82, 2.24) is 4.90 Å². The van der Waals surface area contributed by atoms with Gasteiger partial charge in [-0.2, -0.15) is 0 Å². The van der Waals surface area contributed by atoms with Crippen LogP contribution < -0.4 is 5.32 Å². The highest BCUT2D eigenvalue weighted by molar-refractivity contribution is 8.24. The van der Waals surface area contributed by atoms with Crippen LogP contribution in [0.25, 0.3) is 0 Å². The number of carbonyl (C=O) groups excluding carboxylic acids is 3. The van der Waals surface area contributed by atoms with Gasteiger partial charge in [0, 0.05) is 5.69 Å². The molecule has 1 heterocycles. The third kappa shape index (κ3) is 3.63. The minimum Gasteiger partial charge on any atom is -0.465 e. The second-order valence-corrected chi connectivity index (χ2v) is 6.54. The number of nitrogens with zero attached hydrogens (tertiary/aromatic N) is 1. The Morgan fingerprint density at radius 3 is 2.50 bits per heavy atom. The second-order valence-electron chi connectivity index (χ2n) is 4.57. The molecule has 1 aliphatic rings. The maximum Gasteiger partial charge on any atom is 0.337 e. The number of carbonyl (C=O) groups is 3. The van der Waals surface area contributed by atoms with Crippen molar-refractivity contribution in [2.24, 2.45) is 0 Å². The lowest BCUT2D eigenvalue weighted by Gasteiger charge is -2.14. The van der Waals surface area contributed by atoms with Crippen LogP contribution in [0.5, 0.6) is 0 Å². The summed E-state index contributed by atoms with van der Waals surface area (Å²) in [7, 11) is 1.30. The third-order valence-electron chi connectivity index (χ3n) is 3.00. The predicted molar refractivity (Wildman–Crippen MR) is 87.8 cm³/mol. The van der Waals surface area contributed by atoms with Gasteiger partial charge in [-0.3, -0.25) is 14.5 Å². The van der Waals surface area contributed by atoms with Crippen LogP contribution in [-0.2, 0) is 14.3 Å². The summed E-state index contributed by atoms with van der Waals surface area (Å²) in [6.07, 6.45) is 0. The van der Waals surface area contributed by atoms with Crippen LogP contribution in [0.2, 0.25) is 0 Å². The first-order valence-electron chi connectivity index (χ1n) is 6.42. The zero-order valence-electron chi connectivity index (χ0n) is 12.0. The number of thioether (sulfide) groups is 1. The van der Waals surface area contributed by atoms with E-state index in [1.165, 1.54) is 23.8 Å². The Morgan fingerprint density at radius 1 is 1.36 bits per heavy atom. The minimum absolute atomic E-state index is 0.117. The molecule has 1 saturated heterocycles. The molecule has 2 rings (SSSR count). The Hall–Kier alpha value is -1.93. The van der Waals surface area contributed by atoms with Crippen molar-refractivity contribution in [1.29, 1.82) is 0 Å². The van der Waals surface area contributed by atoms with Gasteiger partial charge in [-0.25, -0.2) is 4.79 Å². The first kappa shape index (κ1) is 16.4. The van der Waals surface area contributed by atoms with Gasteiger partial charge in [0.1, 0.15) is 10.9 Å². The molecule has 6 nitrogen and oxygen atoms in total. The van der Waals surface area contributed by atoms with Gasteiger partial charge in [0.25, 0.3) is 0 Å². The molecular weight excluding hydrogens is 324 g/mol. The molecule has 1 aromatic carbocycles. The smallest absolute Gasteiger partial charge is 0.337 e. The third-order valence-corrected chi connectivity index (χ3v) is 4.49. The molecule has 22 heavy (non-hydrogen) atoms. The quantitative estimate of drug-likeness (QED) is 0.665. The average Bonchev–Trinajstić information content (AvgIpc) is 2.73. The van der Waals surface area contributed by atoms with Crippen LogP contribution in [-0.4, -0.2) is 45.9 Å². The molecule has 0 aromatic heterocycles. The lowest BCUT2D eigenvalue weighted by atomic mass is 10.2. The highest BCUT2D eigenvalue weighted by Gasteiger charge is 2.34. The van der Waals surface area contributed by atoms with E-state index in [2.05, 4.69) is 10.1 Å². The predicted octanol–water partition coefficient (Wildman–Crippen LogP) is 1.66. The van der Waals surface area contributed by atoms with Crippen LogP contribution in [0.4, 0.5) is 5.69 Å². The highest BCUT2D eigenvalue weighted by Crippen LogP contribution is 2.26. The number of anilines is 1. The Morgan fingerprint density at radius 2 is 2.00 bits per heavy atom. The van der Waals surface area contributed by atoms with Crippen LogP contribution in [0.15, 0.2) is 24.3 Å².